The van der Waals surface area contributed by atoms with Gasteiger partial charge in [0.25, 0.3) is 0 Å². The van der Waals surface area contributed by atoms with Crippen LogP contribution in [0.15, 0.2) is 91.8 Å². The summed E-state index contributed by atoms with van der Waals surface area (Å²) in [5, 5.41) is 4.96. The van der Waals surface area contributed by atoms with Crippen molar-refractivity contribution in [2.24, 2.45) is 0 Å². The number of rotatable bonds is 5. The van der Waals surface area contributed by atoms with Crippen LogP contribution in [0.5, 0.6) is 0 Å². The van der Waals surface area contributed by atoms with E-state index < -0.39 is 0 Å². The molecule has 2 aromatic carbocycles. The van der Waals surface area contributed by atoms with E-state index in [1.165, 1.54) is 17.5 Å². The Labute approximate surface area is 197 Å². The van der Waals surface area contributed by atoms with Crippen LogP contribution in [0, 0.1) is 0 Å². The van der Waals surface area contributed by atoms with Crippen LogP contribution in [0.25, 0.3) is 28.3 Å². The molecule has 0 atom stereocenters. The Morgan fingerprint density at radius 2 is 1.59 bits per heavy atom. The maximum atomic E-state index is 4.96. The van der Waals surface area contributed by atoms with E-state index in [0.717, 1.165) is 54.3 Å². The first-order valence-electron chi connectivity index (χ1n) is 11.4. The monoisotopic (exact) mass is 445 g/mol. The van der Waals surface area contributed by atoms with Crippen molar-refractivity contribution in [1.82, 2.24) is 34.6 Å². The predicted molar refractivity (Wildman–Crippen MR) is 130 cm³/mol. The minimum absolute atomic E-state index is 0.684. The average Bonchev–Trinajstić information content (AvgIpc) is 3.33. The molecular weight excluding hydrogens is 422 g/mol. The maximum Gasteiger partial charge on any atom is 0.162 e. The van der Waals surface area contributed by atoms with Gasteiger partial charge in [-0.2, -0.15) is 5.10 Å². The third kappa shape index (κ3) is 4.09. The van der Waals surface area contributed by atoms with Gasteiger partial charge in [0, 0.05) is 67.5 Å². The molecule has 5 aromatic rings. The first kappa shape index (κ1) is 20.4. The van der Waals surface area contributed by atoms with E-state index in [9.17, 15) is 0 Å². The lowest BCUT2D eigenvalue weighted by atomic mass is 10.0. The molecule has 0 saturated heterocycles. The molecule has 0 radical (unpaired) electrons. The van der Waals surface area contributed by atoms with Gasteiger partial charge in [-0.3, -0.25) is 4.90 Å². The Morgan fingerprint density at radius 3 is 2.38 bits per heavy atom. The number of hydrogen-bond acceptors (Lipinski definition) is 6. The minimum atomic E-state index is 0.684. The average molecular weight is 446 g/mol. The molecule has 34 heavy (non-hydrogen) atoms. The maximum absolute atomic E-state index is 4.96. The fourth-order valence-corrected chi connectivity index (χ4v) is 4.38. The van der Waals surface area contributed by atoms with Gasteiger partial charge in [-0.15, -0.1) is 0 Å². The highest BCUT2D eigenvalue weighted by Gasteiger charge is 2.22. The molecule has 0 N–H and O–H groups in total. The second-order valence-electron chi connectivity index (χ2n) is 8.40. The van der Waals surface area contributed by atoms with Gasteiger partial charge >= 0.3 is 0 Å². The molecular formula is C27H23N7. The molecule has 0 amide bonds. The molecule has 0 aliphatic carbocycles. The van der Waals surface area contributed by atoms with Gasteiger partial charge in [0.2, 0.25) is 0 Å². The van der Waals surface area contributed by atoms with Gasteiger partial charge < -0.3 is 0 Å². The molecule has 0 fully saturated rings. The molecule has 0 saturated carbocycles. The van der Waals surface area contributed by atoms with E-state index in [2.05, 4.69) is 62.4 Å². The van der Waals surface area contributed by atoms with Crippen molar-refractivity contribution in [3.8, 4) is 28.3 Å². The number of fused-ring (bicyclic) bond motifs is 1. The van der Waals surface area contributed by atoms with Crippen molar-refractivity contribution in [3.63, 3.8) is 0 Å². The zero-order valence-electron chi connectivity index (χ0n) is 18.6. The zero-order chi connectivity index (χ0) is 22.7. The summed E-state index contributed by atoms with van der Waals surface area (Å²) in [5.74, 6) is 0.684. The van der Waals surface area contributed by atoms with E-state index in [0.29, 0.717) is 5.82 Å². The minimum Gasteiger partial charge on any atom is -0.294 e. The summed E-state index contributed by atoms with van der Waals surface area (Å²) < 4.78 is 1.98. The smallest absolute Gasteiger partial charge is 0.162 e. The lowest BCUT2D eigenvalue weighted by molar-refractivity contribution is 0.243. The lowest BCUT2D eigenvalue weighted by Gasteiger charge is -2.28. The van der Waals surface area contributed by atoms with Crippen LogP contribution in [0.1, 0.15) is 16.8 Å². The summed E-state index contributed by atoms with van der Waals surface area (Å²) in [6, 6.07) is 20.7. The molecule has 4 heterocycles. The second-order valence-corrected chi connectivity index (χ2v) is 8.40. The first-order chi connectivity index (χ1) is 16.8. The van der Waals surface area contributed by atoms with Gasteiger partial charge in [0.1, 0.15) is 6.33 Å². The van der Waals surface area contributed by atoms with Crippen molar-refractivity contribution in [2.45, 2.75) is 19.5 Å². The molecule has 166 valence electrons. The summed E-state index contributed by atoms with van der Waals surface area (Å²) >= 11 is 0. The van der Waals surface area contributed by atoms with E-state index in [4.69, 9.17) is 10.1 Å². The molecule has 1 aliphatic heterocycles. The number of benzene rings is 2. The molecule has 7 nitrogen and oxygen atoms in total. The van der Waals surface area contributed by atoms with Crippen LogP contribution in [0.4, 0.5) is 0 Å². The molecule has 0 unspecified atom stereocenters. The molecule has 0 spiro atoms. The van der Waals surface area contributed by atoms with Crippen LogP contribution >= 0.6 is 0 Å². The lowest BCUT2D eigenvalue weighted by Crippen LogP contribution is -2.31. The van der Waals surface area contributed by atoms with Crippen molar-refractivity contribution in [3.05, 3.63) is 109 Å². The fraction of sp³-hybridized carbons (Fsp3) is 0.148. The Balaban J connectivity index is 1.28. The summed E-state index contributed by atoms with van der Waals surface area (Å²) in [4.78, 5) is 20.0. The number of nitrogens with zero attached hydrogens (tertiary/aromatic N) is 7. The van der Waals surface area contributed by atoms with Crippen molar-refractivity contribution < 1.29 is 0 Å². The molecule has 6 rings (SSSR count). The van der Waals surface area contributed by atoms with Gasteiger partial charge in [0.05, 0.1) is 22.6 Å². The molecule has 7 heteroatoms. The van der Waals surface area contributed by atoms with Gasteiger partial charge in [0.15, 0.2) is 5.82 Å². The largest absolute Gasteiger partial charge is 0.294 e. The number of aromatic nitrogens is 6. The van der Waals surface area contributed by atoms with Crippen LogP contribution in [-0.2, 0) is 19.5 Å². The van der Waals surface area contributed by atoms with Crippen LogP contribution < -0.4 is 0 Å². The highest BCUT2D eigenvalue weighted by atomic mass is 15.3. The summed E-state index contributed by atoms with van der Waals surface area (Å²) in [5.41, 5.74) is 7.53. The van der Waals surface area contributed by atoms with Gasteiger partial charge in [-0.25, -0.2) is 24.6 Å². The highest BCUT2D eigenvalue weighted by molar-refractivity contribution is 5.63. The van der Waals surface area contributed by atoms with E-state index in [1.54, 1.807) is 12.4 Å². The molecule has 3 aromatic heterocycles. The second kappa shape index (κ2) is 8.96. The Hall–Kier alpha value is -4.23. The predicted octanol–water partition coefficient (Wildman–Crippen LogP) is 4.34. The quantitative estimate of drug-likeness (QED) is 0.401. The normalized spacial score (nSPS) is 13.5. The summed E-state index contributed by atoms with van der Waals surface area (Å²) in [7, 11) is 0. The van der Waals surface area contributed by atoms with Crippen LogP contribution in [-0.4, -0.2) is 41.2 Å². The Morgan fingerprint density at radius 1 is 0.824 bits per heavy atom. The third-order valence-electron chi connectivity index (χ3n) is 6.08. The number of para-hydroxylation sites is 1. The standard InChI is InChI=1S/C27H23N7/c1-3-7-20(8-4-1)26-23(18-34(32-26)24-9-5-2-6-10-24)17-33-12-11-25-22(16-33)15-30-27(31-25)21-13-28-19-29-14-21/h1-10,13-15,18-19H,11-12,16-17H2. The van der Waals surface area contributed by atoms with E-state index in [-0.39, 0.29) is 0 Å². The van der Waals surface area contributed by atoms with Gasteiger partial charge in [-0.05, 0) is 12.1 Å². The molecule has 0 bridgehead atoms. The van der Waals surface area contributed by atoms with Crippen LogP contribution in [0.2, 0.25) is 0 Å². The SMILES string of the molecule is c1ccc(-c2nn(-c3ccccc3)cc2CN2CCc3nc(-c4cncnc4)ncc3C2)cc1. The van der Waals surface area contributed by atoms with Crippen LogP contribution in [0.3, 0.4) is 0 Å². The van der Waals surface area contributed by atoms with Crippen molar-refractivity contribution in [2.75, 3.05) is 6.54 Å². The number of hydrogen-bond donors (Lipinski definition) is 0. The fourth-order valence-electron chi connectivity index (χ4n) is 4.38. The Bertz CT molecular complexity index is 1400. The highest BCUT2D eigenvalue weighted by Crippen LogP contribution is 2.27. The zero-order valence-corrected chi connectivity index (χ0v) is 18.6. The van der Waals surface area contributed by atoms with E-state index in [1.807, 2.05) is 35.1 Å². The molecule has 1 aliphatic rings. The topological polar surface area (TPSA) is 72.6 Å². The van der Waals surface area contributed by atoms with Gasteiger partial charge in [-0.1, -0.05) is 48.5 Å². The third-order valence-corrected chi connectivity index (χ3v) is 6.08. The van der Waals surface area contributed by atoms with Crippen molar-refractivity contribution in [1.29, 1.82) is 0 Å². The Kier molecular flexibility index (Phi) is 5.37. The first-order valence-corrected chi connectivity index (χ1v) is 11.4. The van der Waals surface area contributed by atoms with E-state index >= 15 is 0 Å². The summed E-state index contributed by atoms with van der Waals surface area (Å²) in [6.07, 6.45) is 10.00. The summed E-state index contributed by atoms with van der Waals surface area (Å²) in [6.45, 7) is 2.55. The van der Waals surface area contributed by atoms with Crippen molar-refractivity contribution >= 4 is 0 Å².